The Bertz CT molecular complexity index is 921. The zero-order chi connectivity index (χ0) is 19.2. The van der Waals surface area contributed by atoms with Crippen LogP contribution < -0.4 is 0 Å². The van der Waals surface area contributed by atoms with Crippen LogP contribution in [0, 0.1) is 0 Å². The number of amidine groups is 1. The summed E-state index contributed by atoms with van der Waals surface area (Å²) in [7, 11) is 5.52. The Kier molecular flexibility index (Phi) is 4.07. The van der Waals surface area contributed by atoms with E-state index in [0.29, 0.717) is 36.7 Å². The Morgan fingerprint density at radius 1 is 1.07 bits per heavy atom. The smallest absolute Gasteiger partial charge is 0.326 e. The van der Waals surface area contributed by atoms with Crippen molar-refractivity contribution >= 4 is 18.0 Å². The lowest BCUT2D eigenvalue weighted by Gasteiger charge is -2.24. The third-order valence-electron chi connectivity index (χ3n) is 5.09. The number of hydrogen-bond donors (Lipinski definition) is 0. The molecule has 1 aromatic carbocycles. The van der Waals surface area contributed by atoms with Crippen LogP contribution in [0.3, 0.4) is 0 Å². The van der Waals surface area contributed by atoms with E-state index in [9.17, 15) is 4.79 Å². The second kappa shape index (κ2) is 6.31. The van der Waals surface area contributed by atoms with Crippen LogP contribution in [0.2, 0.25) is 0 Å². The minimum Gasteiger partial charge on any atom is -0.365 e. The molecule has 3 aliphatic heterocycles. The molecule has 1 atom stereocenters. The molecule has 0 saturated carbocycles. The average Bonchev–Trinajstić information content (AvgIpc) is 3.01. The van der Waals surface area contributed by atoms with E-state index in [-0.39, 0.29) is 11.7 Å². The lowest BCUT2D eigenvalue weighted by atomic mass is 10.1. The van der Waals surface area contributed by atoms with Gasteiger partial charge in [-0.25, -0.2) is 0 Å². The number of likely N-dealkylation sites (N-methyl/N-ethyl adjacent to an activating group) is 3. The second-order valence-corrected chi connectivity index (χ2v) is 7.00. The van der Waals surface area contributed by atoms with E-state index in [4.69, 9.17) is 0 Å². The van der Waals surface area contributed by atoms with Crippen molar-refractivity contribution in [2.24, 2.45) is 10.1 Å². The number of nitrogens with zero attached hydrogens (tertiary/aromatic N) is 6. The predicted octanol–water partition coefficient (Wildman–Crippen LogP) is 1.93. The molecule has 0 aliphatic carbocycles. The van der Waals surface area contributed by atoms with Gasteiger partial charge in [-0.3, -0.25) is 4.79 Å². The summed E-state index contributed by atoms with van der Waals surface area (Å²) in [5, 5.41) is 3.96. The Labute approximate surface area is 157 Å². The summed E-state index contributed by atoms with van der Waals surface area (Å²) in [5.74, 6) is 0.839. The largest absolute Gasteiger partial charge is 0.365 e. The SMILES string of the molecule is CN1CCN(C)C2=C3N=C(C=C[N+]3(F)N=C2)N(C)Cc2ccccc2C1=O. The number of hydrogen-bond acceptors (Lipinski definition) is 5. The summed E-state index contributed by atoms with van der Waals surface area (Å²) < 4.78 is 15.1. The maximum absolute atomic E-state index is 15.1. The highest BCUT2D eigenvalue weighted by atomic mass is 19.2. The lowest BCUT2D eigenvalue weighted by Crippen LogP contribution is -2.35. The number of aliphatic imine (C=N–C) groups is 1. The molecule has 1 amide bonds. The van der Waals surface area contributed by atoms with Gasteiger partial charge < -0.3 is 14.7 Å². The number of allylic oxidation sites excluding steroid dienone is 1. The lowest BCUT2D eigenvalue weighted by molar-refractivity contribution is -0.987. The molecular weight excluding hydrogens is 347 g/mol. The molecule has 0 radical (unpaired) electrons. The van der Waals surface area contributed by atoms with E-state index in [2.05, 4.69) is 10.1 Å². The van der Waals surface area contributed by atoms with Crippen LogP contribution in [0.4, 0.5) is 4.48 Å². The van der Waals surface area contributed by atoms with Gasteiger partial charge in [0.1, 0.15) is 12.1 Å². The van der Waals surface area contributed by atoms with E-state index in [1.165, 1.54) is 12.4 Å². The molecule has 2 bridgehead atoms. The van der Waals surface area contributed by atoms with Crippen molar-refractivity contribution in [1.29, 1.82) is 0 Å². The topological polar surface area (TPSA) is 51.5 Å². The number of amides is 1. The summed E-state index contributed by atoms with van der Waals surface area (Å²) in [4.78, 5) is 21.8. The molecule has 1 aromatic rings. The highest BCUT2D eigenvalue weighted by Gasteiger charge is 2.44. The fraction of sp³-hybridized carbons (Fsp3) is 0.316. The van der Waals surface area contributed by atoms with Gasteiger partial charge in [-0.05, 0) is 16.7 Å². The number of carbonyl (C=O) groups is 1. The van der Waals surface area contributed by atoms with Gasteiger partial charge in [-0.2, -0.15) is 4.99 Å². The molecular formula is C19H22FN6O+. The highest BCUT2D eigenvalue weighted by molar-refractivity contribution is 5.97. The molecule has 3 aliphatic rings. The quantitative estimate of drug-likeness (QED) is 0.657. The van der Waals surface area contributed by atoms with Gasteiger partial charge in [-0.1, -0.05) is 18.2 Å². The average molecular weight is 369 g/mol. The van der Waals surface area contributed by atoms with Crippen molar-refractivity contribution in [2.75, 3.05) is 34.2 Å². The van der Waals surface area contributed by atoms with Crippen LogP contribution in [0.25, 0.3) is 0 Å². The monoisotopic (exact) mass is 369 g/mol. The highest BCUT2D eigenvalue weighted by Crippen LogP contribution is 2.34. The molecule has 0 fully saturated rings. The molecule has 3 heterocycles. The molecule has 0 saturated heterocycles. The van der Waals surface area contributed by atoms with Gasteiger partial charge in [-0.15, -0.1) is 0 Å². The van der Waals surface area contributed by atoms with Crippen LogP contribution in [0.1, 0.15) is 15.9 Å². The van der Waals surface area contributed by atoms with Crippen LogP contribution in [-0.2, 0) is 6.54 Å². The fourth-order valence-corrected chi connectivity index (χ4v) is 3.37. The maximum atomic E-state index is 15.1. The van der Waals surface area contributed by atoms with E-state index in [0.717, 1.165) is 5.56 Å². The molecule has 140 valence electrons. The van der Waals surface area contributed by atoms with Gasteiger partial charge >= 0.3 is 5.82 Å². The Morgan fingerprint density at radius 3 is 2.63 bits per heavy atom. The third-order valence-corrected chi connectivity index (χ3v) is 5.09. The predicted molar refractivity (Wildman–Crippen MR) is 101 cm³/mol. The maximum Gasteiger partial charge on any atom is 0.326 e. The summed E-state index contributed by atoms with van der Waals surface area (Å²) in [6, 6.07) is 7.57. The minimum atomic E-state index is -1.18. The standard InChI is InChI=1S/C19H22FN6O/c1-23-9-10-24(2)19(27)15-7-5-4-6-14(15)13-25(3)17-8-11-26(20)18(22-17)16(23)12-21-26/h4-8,11-12H,9-10,13H2,1-3H3/q+1. The molecule has 27 heavy (non-hydrogen) atoms. The molecule has 0 spiro atoms. The summed E-state index contributed by atoms with van der Waals surface area (Å²) in [5.41, 5.74) is 2.20. The number of rotatable bonds is 0. The van der Waals surface area contributed by atoms with Gasteiger partial charge in [0.2, 0.25) is 0 Å². The Balaban J connectivity index is 1.80. The van der Waals surface area contributed by atoms with Crippen molar-refractivity contribution in [3.8, 4) is 0 Å². The summed E-state index contributed by atoms with van der Waals surface area (Å²) in [6.07, 6.45) is 4.51. The number of quaternary nitrogens is 1. The van der Waals surface area contributed by atoms with Gasteiger partial charge in [0.25, 0.3) is 5.91 Å². The number of carbonyl (C=O) groups excluding carboxylic acids is 1. The molecule has 0 aromatic heterocycles. The van der Waals surface area contributed by atoms with Crippen LogP contribution in [0.15, 0.2) is 58.2 Å². The number of benzene rings is 1. The zero-order valence-electron chi connectivity index (χ0n) is 15.6. The van der Waals surface area contributed by atoms with Crippen molar-refractivity contribution < 1.29 is 14.1 Å². The van der Waals surface area contributed by atoms with E-state index in [1.807, 2.05) is 48.2 Å². The normalized spacial score (nSPS) is 25.1. The fourth-order valence-electron chi connectivity index (χ4n) is 3.37. The molecule has 8 heteroatoms. The molecule has 0 N–H and O–H groups in total. The van der Waals surface area contributed by atoms with Crippen LogP contribution >= 0.6 is 0 Å². The number of fused-ring (bicyclic) bond motifs is 1. The molecule has 7 nitrogen and oxygen atoms in total. The van der Waals surface area contributed by atoms with Crippen LogP contribution in [0.5, 0.6) is 0 Å². The zero-order valence-corrected chi connectivity index (χ0v) is 15.6. The van der Waals surface area contributed by atoms with Crippen molar-refractivity contribution in [2.45, 2.75) is 6.54 Å². The van der Waals surface area contributed by atoms with Crippen LogP contribution in [-0.4, -0.2) is 71.7 Å². The van der Waals surface area contributed by atoms with Crippen molar-refractivity contribution in [3.05, 3.63) is 59.2 Å². The van der Waals surface area contributed by atoms with E-state index < -0.39 is 4.81 Å². The second-order valence-electron chi connectivity index (χ2n) is 7.00. The number of halogens is 1. The van der Waals surface area contributed by atoms with Gasteiger partial charge in [0, 0.05) is 56.9 Å². The van der Waals surface area contributed by atoms with Crippen molar-refractivity contribution in [3.63, 3.8) is 0 Å². The first-order valence-corrected chi connectivity index (χ1v) is 8.81. The first-order chi connectivity index (χ1) is 12.9. The summed E-state index contributed by atoms with van der Waals surface area (Å²) >= 11 is 0. The van der Waals surface area contributed by atoms with Gasteiger partial charge in [0.15, 0.2) is 11.9 Å². The molecule has 4 rings (SSSR count). The Hall–Kier alpha value is -3.00. The van der Waals surface area contributed by atoms with E-state index in [1.54, 1.807) is 18.0 Å². The Morgan fingerprint density at radius 2 is 1.81 bits per heavy atom. The van der Waals surface area contributed by atoms with Crippen molar-refractivity contribution in [1.82, 2.24) is 14.7 Å². The first-order valence-electron chi connectivity index (χ1n) is 8.81. The van der Waals surface area contributed by atoms with Gasteiger partial charge in [0.05, 0.1) is 4.81 Å². The third kappa shape index (κ3) is 2.91. The van der Waals surface area contributed by atoms with E-state index >= 15 is 4.48 Å². The summed E-state index contributed by atoms with van der Waals surface area (Å²) in [6.45, 7) is 1.53. The first kappa shape index (κ1) is 17.4. The molecule has 1 unspecified atom stereocenters. The minimum absolute atomic E-state index is 0.0274.